The summed E-state index contributed by atoms with van der Waals surface area (Å²) in [5.74, 6) is -75.0. The molecule has 0 amide bonds. The highest BCUT2D eigenvalue weighted by Crippen LogP contribution is 2.88. The Bertz CT molecular complexity index is 2050. The SMILES string of the molecule is O=C1C2(F)C(F)(F)C3(F)C(F)(F)C1(F)C(F)(C(F)(F)OCC(O)CCOCCOCC(O)COC(F)(F)C1(F)C4(F)C(=O)C5(F)C(F)(F)C(F)(C4(F)F)C(F)(F)C1(F)C5(F)F)C(F)(C2(F)F)C3(F)F. The van der Waals surface area contributed by atoms with E-state index in [1.54, 1.807) is 0 Å². The molecule has 8 saturated carbocycles. The lowest BCUT2D eigenvalue weighted by atomic mass is 9.38. The maximum Gasteiger partial charge on any atom is 0.397 e. The fourth-order valence-electron chi connectivity index (χ4n) is 9.48. The van der Waals surface area contributed by atoms with E-state index >= 15 is 43.9 Å². The summed E-state index contributed by atoms with van der Waals surface area (Å²) in [6.45, 7) is -10.3. The second-order valence-electron chi connectivity index (χ2n) is 16.3. The molecule has 8 rings (SSSR count). The Kier molecular flexibility index (Phi) is 10.9. The van der Waals surface area contributed by atoms with Crippen molar-refractivity contribution in [3.05, 3.63) is 0 Å². The molecule has 8 nitrogen and oxygen atoms in total. The highest BCUT2D eigenvalue weighted by Gasteiger charge is 3.23. The van der Waals surface area contributed by atoms with Crippen LogP contribution in [0.3, 0.4) is 0 Å². The lowest BCUT2D eigenvalue weighted by Crippen LogP contribution is -3.08. The van der Waals surface area contributed by atoms with Crippen LogP contribution in [0.25, 0.3) is 0 Å². The van der Waals surface area contributed by atoms with Crippen molar-refractivity contribution in [3.8, 4) is 0 Å². The van der Waals surface area contributed by atoms with Gasteiger partial charge in [-0.1, -0.05) is 0 Å². The lowest BCUT2D eigenvalue weighted by molar-refractivity contribution is -0.555. The second-order valence-corrected chi connectivity index (χ2v) is 16.3. The Hall–Kier alpha value is -3.00. The predicted molar refractivity (Wildman–Crippen MR) is 148 cm³/mol. The molecule has 8 aliphatic carbocycles. The Morgan fingerprint density at radius 3 is 0.971 bits per heavy atom. The first-order valence-corrected chi connectivity index (χ1v) is 17.9. The van der Waals surface area contributed by atoms with Crippen LogP contribution in [0.5, 0.6) is 0 Å². The molecular formula is C31H18F30O8. The van der Waals surface area contributed by atoms with Crippen LogP contribution >= 0.6 is 0 Å². The minimum atomic E-state index is -8.32. The number of rotatable bonds is 16. The van der Waals surface area contributed by atoms with Gasteiger partial charge in [-0.2, -0.15) is 87.8 Å². The van der Waals surface area contributed by atoms with E-state index in [4.69, 9.17) is 0 Å². The fraction of sp³-hybridized carbons (Fsp3) is 0.935. The highest BCUT2D eigenvalue weighted by atomic mass is 19.4. The molecule has 2 N–H and O–H groups in total. The molecule has 0 aromatic heterocycles. The molecule has 0 aliphatic heterocycles. The Labute approximate surface area is 357 Å². The van der Waals surface area contributed by atoms with Crippen molar-refractivity contribution in [3.63, 3.8) is 0 Å². The Balaban J connectivity index is 1.06. The molecule has 8 bridgehead atoms. The van der Waals surface area contributed by atoms with Crippen molar-refractivity contribution >= 4 is 11.6 Å². The standard InChI is InChI=1S/C31H18F30O8/c32-12-10(64)14(34)24(46,47)18(38,28(54,55)20(40,22(12,42)43)26(14,50)51)16(12,36)30(58,59)68-6-8(62)1-2-66-3-4-67-5-9(63)7-69-31(60,61)17(37)13(33)11(65)15(35)25(48,49)19(17,39)29(56,57)21(41,23(13,44)45)27(15,52)53/h8-9,62-63H,1-7H2. The molecular weight excluding hydrogens is 1070 g/mol. The van der Waals surface area contributed by atoms with Crippen LogP contribution in [0.4, 0.5) is 132 Å². The number of aliphatic hydroxyl groups excluding tert-OH is 2. The van der Waals surface area contributed by atoms with Gasteiger partial charge in [-0.05, 0) is 6.42 Å². The van der Waals surface area contributed by atoms with Crippen molar-refractivity contribution in [1.82, 2.24) is 0 Å². The fourth-order valence-corrected chi connectivity index (χ4v) is 9.48. The smallest absolute Gasteiger partial charge is 0.391 e. The van der Waals surface area contributed by atoms with Crippen LogP contribution in [0.2, 0.25) is 0 Å². The van der Waals surface area contributed by atoms with Crippen LogP contribution in [-0.4, -0.2) is 190 Å². The van der Waals surface area contributed by atoms with E-state index in [9.17, 15) is 108 Å². The molecule has 400 valence electrons. The minimum absolute atomic E-state index is 1.07. The van der Waals surface area contributed by atoms with E-state index < -0.39 is 186 Å². The number of ketones is 2. The monoisotopic (exact) mass is 1090 g/mol. The van der Waals surface area contributed by atoms with E-state index in [1.807, 2.05) is 0 Å². The summed E-state index contributed by atoms with van der Waals surface area (Å²) >= 11 is 0. The van der Waals surface area contributed by atoms with Crippen molar-refractivity contribution in [2.24, 2.45) is 0 Å². The molecule has 0 saturated heterocycles. The number of ether oxygens (including phenoxy) is 4. The molecule has 0 aromatic carbocycles. The van der Waals surface area contributed by atoms with Gasteiger partial charge in [0, 0.05) is 6.61 Å². The number of aliphatic hydroxyl groups is 2. The minimum Gasteiger partial charge on any atom is -0.391 e. The summed E-state index contributed by atoms with van der Waals surface area (Å²) in [6.07, 6.45) is -22.2. The molecule has 12 atom stereocenters. The topological polar surface area (TPSA) is 112 Å². The van der Waals surface area contributed by atoms with Gasteiger partial charge >= 0.3 is 82.3 Å². The average molecular weight is 1090 g/mol. The first-order valence-electron chi connectivity index (χ1n) is 17.9. The van der Waals surface area contributed by atoms with E-state index in [1.165, 1.54) is 0 Å². The number of alkyl halides is 30. The number of carbonyl (C=O) groups is 2. The van der Waals surface area contributed by atoms with Crippen LogP contribution in [0.15, 0.2) is 0 Å². The number of hydrogen-bond acceptors (Lipinski definition) is 8. The predicted octanol–water partition coefficient (Wildman–Crippen LogP) is 6.74. The van der Waals surface area contributed by atoms with Gasteiger partial charge in [0.2, 0.25) is 11.6 Å². The summed E-state index contributed by atoms with van der Waals surface area (Å²) < 4.78 is 465. The van der Waals surface area contributed by atoms with Crippen molar-refractivity contribution in [1.29, 1.82) is 0 Å². The van der Waals surface area contributed by atoms with E-state index in [0.717, 1.165) is 0 Å². The molecule has 12 unspecified atom stereocenters. The van der Waals surface area contributed by atoms with Gasteiger partial charge < -0.3 is 29.2 Å². The van der Waals surface area contributed by atoms with Gasteiger partial charge in [0.05, 0.1) is 39.1 Å². The number of hydrogen-bond donors (Lipinski definition) is 2. The molecule has 0 spiro atoms. The molecule has 8 fully saturated rings. The van der Waals surface area contributed by atoms with Gasteiger partial charge in [-0.25, -0.2) is 43.9 Å². The normalized spacial score (nSPS) is 46.3. The van der Waals surface area contributed by atoms with Crippen LogP contribution < -0.4 is 0 Å². The van der Waals surface area contributed by atoms with Crippen LogP contribution in [0, 0.1) is 0 Å². The third-order valence-electron chi connectivity index (χ3n) is 13.1. The van der Waals surface area contributed by atoms with Crippen molar-refractivity contribution in [2.75, 3.05) is 39.6 Å². The van der Waals surface area contributed by atoms with Gasteiger partial charge in [-0.3, -0.25) is 9.59 Å². The van der Waals surface area contributed by atoms with Gasteiger partial charge in [0.1, 0.15) is 6.10 Å². The summed E-state index contributed by atoms with van der Waals surface area (Å²) in [5.41, 5.74) is -79.4. The maximum atomic E-state index is 15.9. The molecule has 0 heterocycles. The summed E-state index contributed by atoms with van der Waals surface area (Å²) in [7, 11) is 0. The quantitative estimate of drug-likeness (QED) is 0.129. The maximum absolute atomic E-state index is 15.9. The zero-order valence-corrected chi connectivity index (χ0v) is 31.8. The van der Waals surface area contributed by atoms with Gasteiger partial charge in [-0.15, -0.1) is 0 Å². The summed E-state index contributed by atoms with van der Waals surface area (Å²) in [6, 6.07) is 0. The number of Topliss-reactive ketones (excluding diaryl/α,β-unsaturated/α-hetero) is 2. The average Bonchev–Trinajstić information content (AvgIpc) is 3.22. The lowest BCUT2D eigenvalue weighted by Gasteiger charge is -2.72. The molecule has 0 radical (unpaired) electrons. The second kappa shape index (κ2) is 13.6. The largest absolute Gasteiger partial charge is 0.397 e. The molecule has 8 aliphatic rings. The number of carbonyl (C=O) groups excluding carboxylic acids is 2. The molecule has 0 aromatic rings. The van der Waals surface area contributed by atoms with Crippen LogP contribution in [0.1, 0.15) is 6.42 Å². The van der Waals surface area contributed by atoms with Crippen LogP contribution in [-0.2, 0) is 28.5 Å². The summed E-state index contributed by atoms with van der Waals surface area (Å²) in [5, 5.41) is 19.4. The van der Waals surface area contributed by atoms with Gasteiger partial charge in [0.15, 0.2) is 0 Å². The van der Waals surface area contributed by atoms with E-state index in [-0.39, 0.29) is 0 Å². The number of halogens is 30. The molecule has 69 heavy (non-hydrogen) atoms. The third kappa shape index (κ3) is 4.44. The zero-order valence-electron chi connectivity index (χ0n) is 31.8. The van der Waals surface area contributed by atoms with Crippen molar-refractivity contribution < 1.29 is 170 Å². The van der Waals surface area contributed by atoms with E-state index in [0.29, 0.717) is 0 Å². The zero-order chi connectivity index (χ0) is 54.1. The Morgan fingerprint density at radius 1 is 0.362 bits per heavy atom. The first-order chi connectivity index (χ1) is 30.3. The van der Waals surface area contributed by atoms with Gasteiger partial charge in [0.25, 0.3) is 34.0 Å². The molecule has 38 heteroatoms. The highest BCUT2D eigenvalue weighted by molar-refractivity contribution is 6.05. The Morgan fingerprint density at radius 2 is 0.638 bits per heavy atom. The van der Waals surface area contributed by atoms with Crippen molar-refractivity contribution in [2.45, 2.75) is 135 Å². The summed E-state index contributed by atoms with van der Waals surface area (Å²) in [4.78, 5) is 24.1. The third-order valence-corrected chi connectivity index (χ3v) is 13.1. The van der Waals surface area contributed by atoms with E-state index in [2.05, 4.69) is 18.9 Å². The first kappa shape index (κ1) is 55.3.